The fourth-order valence-corrected chi connectivity index (χ4v) is 1.73. The third-order valence-electron chi connectivity index (χ3n) is 2.88. The minimum atomic E-state index is -0.459. The first kappa shape index (κ1) is 14.2. The Morgan fingerprint density at radius 3 is 2.40 bits per heavy atom. The Balaban J connectivity index is 4.09. The first-order chi connectivity index (χ1) is 7.06. The summed E-state index contributed by atoms with van der Waals surface area (Å²) in [7, 11) is 0. The van der Waals surface area contributed by atoms with Crippen LogP contribution in [0.4, 0.5) is 0 Å². The fourth-order valence-electron chi connectivity index (χ4n) is 1.73. The third kappa shape index (κ3) is 4.98. The number of carbonyl (C=O) groups excluding carboxylic acids is 1. The summed E-state index contributed by atoms with van der Waals surface area (Å²) in [6.07, 6.45) is 4.36. The van der Waals surface area contributed by atoms with Gasteiger partial charge in [-0.1, -0.05) is 32.8 Å². The molecule has 3 N–H and O–H groups in total. The quantitative estimate of drug-likeness (QED) is 0.633. The Kier molecular flexibility index (Phi) is 7.05. The van der Waals surface area contributed by atoms with Crippen molar-refractivity contribution in [3.05, 3.63) is 12.7 Å². The van der Waals surface area contributed by atoms with Crippen LogP contribution in [0.25, 0.3) is 0 Å². The van der Waals surface area contributed by atoms with E-state index in [1.807, 2.05) is 6.92 Å². The summed E-state index contributed by atoms with van der Waals surface area (Å²) in [5.41, 5.74) is 5.68. The highest BCUT2D eigenvalue weighted by Gasteiger charge is 2.18. The van der Waals surface area contributed by atoms with Crippen LogP contribution in [0.1, 0.15) is 40.0 Å². The number of rotatable bonds is 7. The predicted octanol–water partition coefficient (Wildman–Crippen LogP) is 1.83. The highest BCUT2D eigenvalue weighted by atomic mass is 16.2. The zero-order chi connectivity index (χ0) is 11.8. The number of carbonyl (C=O) groups is 1. The summed E-state index contributed by atoms with van der Waals surface area (Å²) in [6, 6.07) is -0.261. The van der Waals surface area contributed by atoms with E-state index in [4.69, 9.17) is 5.73 Å². The standard InChI is InChI=1S/C12H24N2O/c1-5-8-11(13)12(15)14-9(4)10(6-2)7-3/h5,9-11H,1,6-8,13H2,2-4H3,(H,14,15). The predicted molar refractivity (Wildman–Crippen MR) is 64.5 cm³/mol. The lowest BCUT2D eigenvalue weighted by Gasteiger charge is -2.23. The molecule has 3 heteroatoms. The van der Waals surface area contributed by atoms with Crippen molar-refractivity contribution in [1.29, 1.82) is 0 Å². The van der Waals surface area contributed by atoms with E-state index in [0.717, 1.165) is 12.8 Å². The van der Waals surface area contributed by atoms with E-state index in [1.54, 1.807) is 6.08 Å². The molecule has 0 aromatic rings. The Labute approximate surface area is 93.1 Å². The first-order valence-corrected chi connectivity index (χ1v) is 5.73. The minimum Gasteiger partial charge on any atom is -0.352 e. The van der Waals surface area contributed by atoms with Gasteiger partial charge in [0.2, 0.25) is 5.91 Å². The molecule has 0 bridgehead atoms. The lowest BCUT2D eigenvalue weighted by Crippen LogP contribution is -2.46. The van der Waals surface area contributed by atoms with Crippen molar-refractivity contribution in [1.82, 2.24) is 5.32 Å². The van der Waals surface area contributed by atoms with Gasteiger partial charge < -0.3 is 11.1 Å². The molecular formula is C12H24N2O. The summed E-state index contributed by atoms with van der Waals surface area (Å²) >= 11 is 0. The summed E-state index contributed by atoms with van der Waals surface area (Å²) in [5.74, 6) is 0.458. The fraction of sp³-hybridized carbons (Fsp3) is 0.750. The second-order valence-electron chi connectivity index (χ2n) is 4.00. The van der Waals surface area contributed by atoms with Crippen molar-refractivity contribution >= 4 is 5.91 Å². The summed E-state index contributed by atoms with van der Waals surface area (Å²) in [4.78, 5) is 11.6. The molecule has 2 atom stereocenters. The molecule has 0 heterocycles. The molecule has 0 aliphatic carbocycles. The van der Waals surface area contributed by atoms with Gasteiger partial charge in [0.1, 0.15) is 0 Å². The third-order valence-corrected chi connectivity index (χ3v) is 2.88. The van der Waals surface area contributed by atoms with E-state index in [2.05, 4.69) is 25.7 Å². The molecule has 0 saturated heterocycles. The van der Waals surface area contributed by atoms with Crippen molar-refractivity contribution in [3.8, 4) is 0 Å². The monoisotopic (exact) mass is 212 g/mol. The van der Waals surface area contributed by atoms with E-state index in [1.165, 1.54) is 0 Å². The molecule has 0 fully saturated rings. The average Bonchev–Trinajstić information content (AvgIpc) is 2.19. The van der Waals surface area contributed by atoms with Crippen molar-refractivity contribution < 1.29 is 4.79 Å². The van der Waals surface area contributed by atoms with E-state index in [9.17, 15) is 4.79 Å². The number of nitrogens with two attached hydrogens (primary N) is 1. The van der Waals surface area contributed by atoms with Crippen LogP contribution in [-0.4, -0.2) is 18.0 Å². The lowest BCUT2D eigenvalue weighted by molar-refractivity contribution is -0.123. The van der Waals surface area contributed by atoms with Gasteiger partial charge in [0.25, 0.3) is 0 Å². The lowest BCUT2D eigenvalue weighted by atomic mass is 9.95. The van der Waals surface area contributed by atoms with Gasteiger partial charge >= 0.3 is 0 Å². The Hall–Kier alpha value is -0.830. The molecule has 0 aliphatic rings. The van der Waals surface area contributed by atoms with Crippen LogP contribution in [0.2, 0.25) is 0 Å². The normalized spacial score (nSPS) is 14.7. The highest BCUT2D eigenvalue weighted by Crippen LogP contribution is 2.12. The average molecular weight is 212 g/mol. The van der Waals surface area contributed by atoms with Gasteiger partial charge in [0, 0.05) is 6.04 Å². The van der Waals surface area contributed by atoms with Crippen LogP contribution in [0.5, 0.6) is 0 Å². The van der Waals surface area contributed by atoms with Gasteiger partial charge in [0.15, 0.2) is 0 Å². The summed E-state index contributed by atoms with van der Waals surface area (Å²) in [6.45, 7) is 9.89. The zero-order valence-electron chi connectivity index (χ0n) is 10.1. The molecule has 2 unspecified atom stereocenters. The minimum absolute atomic E-state index is 0.0747. The highest BCUT2D eigenvalue weighted by molar-refractivity contribution is 5.81. The van der Waals surface area contributed by atoms with E-state index >= 15 is 0 Å². The van der Waals surface area contributed by atoms with Crippen molar-refractivity contribution in [2.75, 3.05) is 0 Å². The number of hydrogen-bond acceptors (Lipinski definition) is 2. The largest absolute Gasteiger partial charge is 0.352 e. The van der Waals surface area contributed by atoms with Gasteiger partial charge in [-0.3, -0.25) is 4.79 Å². The Bertz CT molecular complexity index is 200. The van der Waals surface area contributed by atoms with E-state index in [0.29, 0.717) is 12.3 Å². The van der Waals surface area contributed by atoms with Crippen LogP contribution in [-0.2, 0) is 4.79 Å². The molecule has 0 rings (SSSR count). The van der Waals surface area contributed by atoms with Gasteiger partial charge in [-0.25, -0.2) is 0 Å². The number of amides is 1. The number of hydrogen-bond donors (Lipinski definition) is 2. The van der Waals surface area contributed by atoms with E-state index < -0.39 is 6.04 Å². The van der Waals surface area contributed by atoms with Gasteiger partial charge in [0.05, 0.1) is 6.04 Å². The molecule has 0 saturated carbocycles. The second-order valence-corrected chi connectivity index (χ2v) is 4.00. The second kappa shape index (κ2) is 7.46. The van der Waals surface area contributed by atoms with Gasteiger partial charge in [-0.2, -0.15) is 0 Å². The molecule has 0 aromatic heterocycles. The van der Waals surface area contributed by atoms with Crippen LogP contribution in [0, 0.1) is 5.92 Å². The summed E-state index contributed by atoms with van der Waals surface area (Å²) < 4.78 is 0. The van der Waals surface area contributed by atoms with Crippen LogP contribution in [0.3, 0.4) is 0 Å². The van der Waals surface area contributed by atoms with Crippen LogP contribution in [0.15, 0.2) is 12.7 Å². The molecule has 0 aliphatic heterocycles. The van der Waals surface area contributed by atoms with E-state index in [-0.39, 0.29) is 11.9 Å². The van der Waals surface area contributed by atoms with Gasteiger partial charge in [-0.15, -0.1) is 6.58 Å². The van der Waals surface area contributed by atoms with Crippen molar-refractivity contribution in [2.45, 2.75) is 52.1 Å². The molecule has 88 valence electrons. The first-order valence-electron chi connectivity index (χ1n) is 5.73. The molecule has 15 heavy (non-hydrogen) atoms. The molecule has 0 spiro atoms. The molecule has 3 nitrogen and oxygen atoms in total. The van der Waals surface area contributed by atoms with Crippen molar-refractivity contribution in [3.63, 3.8) is 0 Å². The summed E-state index contributed by atoms with van der Waals surface area (Å²) in [5, 5.41) is 2.95. The zero-order valence-corrected chi connectivity index (χ0v) is 10.1. The Morgan fingerprint density at radius 1 is 1.47 bits per heavy atom. The van der Waals surface area contributed by atoms with Crippen LogP contribution < -0.4 is 11.1 Å². The Morgan fingerprint density at radius 2 is 2.00 bits per heavy atom. The van der Waals surface area contributed by atoms with Crippen LogP contribution >= 0.6 is 0 Å². The molecule has 0 aromatic carbocycles. The topological polar surface area (TPSA) is 55.1 Å². The van der Waals surface area contributed by atoms with Crippen molar-refractivity contribution in [2.24, 2.45) is 11.7 Å². The molecular weight excluding hydrogens is 188 g/mol. The number of nitrogens with one attached hydrogen (secondary N) is 1. The van der Waals surface area contributed by atoms with Gasteiger partial charge in [-0.05, 0) is 19.3 Å². The maximum Gasteiger partial charge on any atom is 0.237 e. The maximum absolute atomic E-state index is 11.6. The maximum atomic E-state index is 11.6. The smallest absolute Gasteiger partial charge is 0.237 e. The molecule has 1 amide bonds. The SMILES string of the molecule is C=CCC(N)C(=O)NC(C)C(CC)CC. The molecule has 0 radical (unpaired) electrons.